The topological polar surface area (TPSA) is 112 Å². The van der Waals surface area contributed by atoms with E-state index < -0.39 is 22.2 Å². The molecule has 1 aromatic carbocycles. The van der Waals surface area contributed by atoms with Crippen LogP contribution in [0.25, 0.3) is 0 Å². The Labute approximate surface area is 113 Å². The van der Waals surface area contributed by atoms with Gasteiger partial charge in [0.15, 0.2) is 0 Å². The zero-order valence-corrected chi connectivity index (χ0v) is 7.98. The van der Waals surface area contributed by atoms with Gasteiger partial charge in [0.05, 0.1) is 5.56 Å². The molecular formula is C7H8FNaO6S. The summed E-state index contributed by atoms with van der Waals surface area (Å²) in [4.78, 5) is 10.2. The number of carbonyl (C=O) groups is 1. The van der Waals surface area contributed by atoms with E-state index in [0.717, 1.165) is 12.1 Å². The Hall–Kier alpha value is -0.510. The summed E-state index contributed by atoms with van der Waals surface area (Å²) < 4.78 is 43.7. The van der Waals surface area contributed by atoms with Crippen LogP contribution in [0.2, 0.25) is 0 Å². The van der Waals surface area contributed by atoms with Crippen molar-refractivity contribution in [3.63, 3.8) is 0 Å². The van der Waals surface area contributed by atoms with Crippen LogP contribution in [-0.2, 0) is 10.4 Å². The molecule has 0 heterocycles. The van der Waals surface area contributed by atoms with E-state index in [2.05, 4.69) is 0 Å². The van der Waals surface area contributed by atoms with Crippen molar-refractivity contribution in [2.75, 3.05) is 0 Å². The quantitative estimate of drug-likeness (QED) is 0.493. The van der Waals surface area contributed by atoms with E-state index in [9.17, 15) is 9.18 Å². The Balaban J connectivity index is 0. The van der Waals surface area contributed by atoms with Gasteiger partial charge in [-0.2, -0.15) is 8.42 Å². The molecule has 0 aliphatic heterocycles. The standard InChI is InChI=1S/C7H5FO2.Na.H2O4S.H/c8-6-3-1-5(2-4-6)7(9)10;;1-5(2,3)4;/h1-4H,(H,9,10);;(H2,1,2,3,4);. The normalized spacial score (nSPS) is 9.44. The van der Waals surface area contributed by atoms with Crippen LogP contribution in [0, 0.1) is 5.82 Å². The molecule has 1 rings (SSSR count). The summed E-state index contributed by atoms with van der Waals surface area (Å²) >= 11 is 0. The number of rotatable bonds is 1. The van der Waals surface area contributed by atoms with Gasteiger partial charge in [-0.15, -0.1) is 0 Å². The molecule has 6 nitrogen and oxygen atoms in total. The van der Waals surface area contributed by atoms with Gasteiger partial charge in [0.2, 0.25) is 0 Å². The predicted molar refractivity (Wildman–Crippen MR) is 54.7 cm³/mol. The van der Waals surface area contributed by atoms with Gasteiger partial charge < -0.3 is 5.11 Å². The van der Waals surface area contributed by atoms with Crippen molar-refractivity contribution < 1.29 is 31.8 Å². The van der Waals surface area contributed by atoms with Crippen molar-refractivity contribution in [2.24, 2.45) is 0 Å². The van der Waals surface area contributed by atoms with E-state index in [1.807, 2.05) is 0 Å². The van der Waals surface area contributed by atoms with Crippen LogP contribution in [0.3, 0.4) is 0 Å². The minimum absolute atomic E-state index is 0. The first-order valence-corrected chi connectivity index (χ1v) is 4.78. The second-order valence-corrected chi connectivity index (χ2v) is 3.16. The number of aromatic carboxylic acids is 1. The Kier molecular flexibility index (Phi) is 8.62. The molecule has 0 bridgehead atoms. The third-order valence-electron chi connectivity index (χ3n) is 1.09. The maximum atomic E-state index is 12.2. The number of carboxylic acid groups (broad SMARTS) is 1. The van der Waals surface area contributed by atoms with E-state index in [0.29, 0.717) is 0 Å². The zero-order valence-electron chi connectivity index (χ0n) is 7.16. The Morgan fingerprint density at radius 2 is 1.44 bits per heavy atom. The third-order valence-corrected chi connectivity index (χ3v) is 1.09. The summed E-state index contributed by atoms with van der Waals surface area (Å²) in [5.41, 5.74) is 0.0985. The number of hydrogen-bond acceptors (Lipinski definition) is 3. The maximum absolute atomic E-state index is 12.2. The second-order valence-electron chi connectivity index (χ2n) is 2.26. The SMILES string of the molecule is O=C(O)c1ccc(F)cc1.O=S(=O)(O)O.[NaH]. The summed E-state index contributed by atoms with van der Waals surface area (Å²) in [5.74, 6) is -1.47. The van der Waals surface area contributed by atoms with E-state index in [4.69, 9.17) is 22.6 Å². The average Bonchev–Trinajstić information content (AvgIpc) is 2.01. The Bertz CT molecular complexity index is 421. The van der Waals surface area contributed by atoms with Gasteiger partial charge in [-0.25, -0.2) is 9.18 Å². The van der Waals surface area contributed by atoms with E-state index in [1.165, 1.54) is 12.1 Å². The second kappa shape index (κ2) is 7.71. The molecule has 16 heavy (non-hydrogen) atoms. The van der Waals surface area contributed by atoms with E-state index >= 15 is 0 Å². The first-order valence-electron chi connectivity index (χ1n) is 3.39. The average molecular weight is 262 g/mol. The van der Waals surface area contributed by atoms with E-state index in [-0.39, 0.29) is 35.1 Å². The van der Waals surface area contributed by atoms with Gasteiger partial charge in [0, 0.05) is 0 Å². The van der Waals surface area contributed by atoms with Gasteiger partial charge in [-0.3, -0.25) is 9.11 Å². The molecule has 0 saturated heterocycles. The number of benzene rings is 1. The van der Waals surface area contributed by atoms with Crippen molar-refractivity contribution >= 4 is 45.9 Å². The van der Waals surface area contributed by atoms with Gasteiger partial charge >= 0.3 is 45.9 Å². The molecule has 1 aromatic rings. The van der Waals surface area contributed by atoms with Crippen LogP contribution in [0.15, 0.2) is 24.3 Å². The zero-order chi connectivity index (χ0) is 12.1. The molecule has 0 aromatic heterocycles. The van der Waals surface area contributed by atoms with Gasteiger partial charge in [-0.05, 0) is 24.3 Å². The fraction of sp³-hybridized carbons (Fsp3) is 0. The minimum atomic E-state index is -4.67. The molecule has 3 N–H and O–H groups in total. The fourth-order valence-electron chi connectivity index (χ4n) is 0.592. The molecule has 0 aliphatic carbocycles. The van der Waals surface area contributed by atoms with Crippen LogP contribution in [0.1, 0.15) is 10.4 Å². The number of halogens is 1. The molecule has 0 saturated carbocycles. The predicted octanol–water partition coefficient (Wildman–Crippen LogP) is 0.223. The molecule has 0 aliphatic rings. The van der Waals surface area contributed by atoms with E-state index in [1.54, 1.807) is 0 Å². The molecule has 86 valence electrons. The van der Waals surface area contributed by atoms with Gasteiger partial charge in [0.25, 0.3) is 0 Å². The summed E-state index contributed by atoms with van der Waals surface area (Å²) in [6.07, 6.45) is 0. The summed E-state index contributed by atoms with van der Waals surface area (Å²) in [6.45, 7) is 0. The van der Waals surface area contributed by atoms with Crippen molar-refractivity contribution in [1.82, 2.24) is 0 Å². The molecule has 0 fully saturated rings. The van der Waals surface area contributed by atoms with Crippen LogP contribution in [-0.4, -0.2) is 58.2 Å². The molecule has 0 radical (unpaired) electrons. The van der Waals surface area contributed by atoms with Crippen LogP contribution >= 0.6 is 0 Å². The fourth-order valence-corrected chi connectivity index (χ4v) is 0.592. The first-order chi connectivity index (χ1) is 6.70. The van der Waals surface area contributed by atoms with Gasteiger partial charge in [-0.1, -0.05) is 0 Å². The van der Waals surface area contributed by atoms with Crippen molar-refractivity contribution in [2.45, 2.75) is 0 Å². The van der Waals surface area contributed by atoms with Crippen LogP contribution < -0.4 is 0 Å². The summed E-state index contributed by atoms with van der Waals surface area (Å²) in [5, 5.41) is 8.35. The molecule has 0 unspecified atom stereocenters. The number of carboxylic acids is 1. The molecule has 0 atom stereocenters. The molecular weight excluding hydrogens is 254 g/mol. The van der Waals surface area contributed by atoms with Crippen LogP contribution in [0.5, 0.6) is 0 Å². The van der Waals surface area contributed by atoms with Crippen LogP contribution in [0.4, 0.5) is 4.39 Å². The molecule has 0 amide bonds. The Morgan fingerprint density at radius 3 is 1.69 bits per heavy atom. The third kappa shape index (κ3) is 11.6. The van der Waals surface area contributed by atoms with Crippen molar-refractivity contribution in [3.05, 3.63) is 35.6 Å². The summed E-state index contributed by atoms with van der Waals surface area (Å²) in [6, 6.07) is 4.67. The summed E-state index contributed by atoms with van der Waals surface area (Å²) in [7, 11) is -4.67. The van der Waals surface area contributed by atoms with Crippen molar-refractivity contribution in [3.8, 4) is 0 Å². The monoisotopic (exact) mass is 262 g/mol. The Morgan fingerprint density at radius 1 is 1.12 bits per heavy atom. The first kappa shape index (κ1) is 17.9. The molecule has 9 heteroatoms. The van der Waals surface area contributed by atoms with Crippen molar-refractivity contribution in [1.29, 1.82) is 0 Å². The number of hydrogen-bond donors (Lipinski definition) is 3. The van der Waals surface area contributed by atoms with Gasteiger partial charge in [0.1, 0.15) is 5.82 Å². The molecule has 0 spiro atoms.